The highest BCUT2D eigenvalue weighted by atomic mass is 32.2. The van der Waals surface area contributed by atoms with Crippen molar-refractivity contribution in [3.05, 3.63) is 27.9 Å². The normalized spacial score (nSPS) is 11.8. The topological polar surface area (TPSA) is 95.1 Å². The monoisotopic (exact) mass is 301 g/mol. The predicted molar refractivity (Wildman–Crippen MR) is 73.8 cm³/mol. The largest absolute Gasteiger partial charge is 0.391 e. The van der Waals surface area contributed by atoms with Crippen LogP contribution in [0.2, 0.25) is 0 Å². The summed E-state index contributed by atoms with van der Waals surface area (Å²) in [5, 5.41) is 15.8. The van der Waals surface area contributed by atoms with E-state index >= 15 is 0 Å². The molecule has 0 unspecified atom stereocenters. The van der Waals surface area contributed by atoms with Crippen LogP contribution in [0, 0.1) is 20.8 Å². The average Bonchev–Trinajstić information content (AvgIpc) is 2.87. The van der Waals surface area contributed by atoms with Crippen LogP contribution in [0.3, 0.4) is 0 Å². The molecule has 0 aliphatic heterocycles. The van der Waals surface area contributed by atoms with E-state index in [2.05, 4.69) is 14.9 Å². The Labute approximate surface area is 115 Å². The van der Waals surface area contributed by atoms with Gasteiger partial charge in [-0.2, -0.15) is 5.10 Å². The molecule has 0 aliphatic carbocycles. The van der Waals surface area contributed by atoms with E-state index in [1.54, 1.807) is 26.8 Å². The van der Waals surface area contributed by atoms with Gasteiger partial charge in [-0.25, -0.2) is 8.42 Å². The summed E-state index contributed by atoms with van der Waals surface area (Å²) in [6, 6.07) is 1.56. The second kappa shape index (κ2) is 4.95. The van der Waals surface area contributed by atoms with E-state index < -0.39 is 10.0 Å². The lowest BCUT2D eigenvalue weighted by Gasteiger charge is -2.05. The first-order chi connectivity index (χ1) is 8.85. The minimum Gasteiger partial charge on any atom is -0.391 e. The second-order valence-corrected chi connectivity index (χ2v) is 7.29. The third-order valence-electron chi connectivity index (χ3n) is 2.77. The zero-order valence-electron chi connectivity index (χ0n) is 10.8. The Kier molecular flexibility index (Phi) is 3.66. The SMILES string of the molecule is Cc1cc(S(=O)(=O)Nc2c(C)n[nH]c2C)sc1CO. The molecule has 0 radical (unpaired) electrons. The van der Waals surface area contributed by atoms with E-state index in [0.29, 0.717) is 22.0 Å². The van der Waals surface area contributed by atoms with Gasteiger partial charge in [-0.05, 0) is 32.4 Å². The quantitative estimate of drug-likeness (QED) is 0.801. The number of anilines is 1. The third kappa shape index (κ3) is 2.65. The van der Waals surface area contributed by atoms with Gasteiger partial charge in [0, 0.05) is 4.88 Å². The fourth-order valence-electron chi connectivity index (χ4n) is 1.66. The van der Waals surface area contributed by atoms with Gasteiger partial charge >= 0.3 is 0 Å². The highest BCUT2D eigenvalue weighted by molar-refractivity contribution is 7.94. The summed E-state index contributed by atoms with van der Waals surface area (Å²) in [5.41, 5.74) is 2.50. The lowest BCUT2D eigenvalue weighted by molar-refractivity contribution is 0.285. The molecule has 8 heteroatoms. The molecular formula is C11H15N3O3S2. The summed E-state index contributed by atoms with van der Waals surface area (Å²) >= 11 is 1.07. The molecule has 19 heavy (non-hydrogen) atoms. The molecule has 0 bridgehead atoms. The van der Waals surface area contributed by atoms with Crippen molar-refractivity contribution in [3.63, 3.8) is 0 Å². The molecule has 0 aromatic carbocycles. The Balaban J connectivity index is 2.38. The molecule has 0 fully saturated rings. The van der Waals surface area contributed by atoms with Gasteiger partial charge in [0.15, 0.2) is 0 Å². The number of sulfonamides is 1. The van der Waals surface area contributed by atoms with Gasteiger partial charge in [0.05, 0.1) is 23.7 Å². The van der Waals surface area contributed by atoms with Gasteiger partial charge in [0.25, 0.3) is 10.0 Å². The summed E-state index contributed by atoms with van der Waals surface area (Å²) in [4.78, 5) is 0.654. The van der Waals surface area contributed by atoms with Gasteiger partial charge in [0.2, 0.25) is 0 Å². The molecule has 2 aromatic heterocycles. The van der Waals surface area contributed by atoms with Crippen LogP contribution >= 0.6 is 11.3 Å². The first kappa shape index (κ1) is 14.0. The van der Waals surface area contributed by atoms with Gasteiger partial charge in [-0.3, -0.25) is 9.82 Å². The molecule has 6 nitrogen and oxygen atoms in total. The van der Waals surface area contributed by atoms with E-state index in [-0.39, 0.29) is 10.8 Å². The van der Waals surface area contributed by atoms with E-state index in [4.69, 9.17) is 5.11 Å². The van der Waals surface area contributed by atoms with Crippen molar-refractivity contribution in [1.82, 2.24) is 10.2 Å². The second-order valence-electron chi connectivity index (χ2n) is 4.24. The van der Waals surface area contributed by atoms with Crippen LogP contribution in [-0.4, -0.2) is 23.7 Å². The zero-order chi connectivity index (χ0) is 14.2. The van der Waals surface area contributed by atoms with Crippen molar-refractivity contribution in [2.45, 2.75) is 31.6 Å². The standard InChI is InChI=1S/C11H15N3O3S2/c1-6-4-10(18-9(6)5-15)19(16,17)14-11-7(2)12-13-8(11)3/h4,14-15H,5H2,1-3H3,(H,12,13). The average molecular weight is 301 g/mol. The smallest absolute Gasteiger partial charge is 0.271 e. The molecule has 2 aromatic rings. The first-order valence-electron chi connectivity index (χ1n) is 5.59. The van der Waals surface area contributed by atoms with Crippen molar-refractivity contribution >= 4 is 27.0 Å². The number of aliphatic hydroxyl groups excluding tert-OH is 1. The minimum absolute atomic E-state index is 0.157. The van der Waals surface area contributed by atoms with Crippen molar-refractivity contribution in [2.75, 3.05) is 4.72 Å². The molecule has 0 saturated carbocycles. The van der Waals surface area contributed by atoms with Gasteiger partial charge in [0.1, 0.15) is 4.21 Å². The van der Waals surface area contributed by atoms with Crippen LogP contribution in [0.15, 0.2) is 10.3 Å². The number of aryl methyl sites for hydroxylation is 3. The number of aliphatic hydroxyl groups is 1. The molecule has 0 saturated heterocycles. The Hall–Kier alpha value is -1.38. The Bertz CT molecular complexity index is 681. The van der Waals surface area contributed by atoms with Crippen molar-refractivity contribution in [2.24, 2.45) is 0 Å². The number of aromatic amines is 1. The number of hydrogen-bond acceptors (Lipinski definition) is 5. The van der Waals surface area contributed by atoms with Crippen molar-refractivity contribution in [1.29, 1.82) is 0 Å². The Morgan fingerprint density at radius 3 is 2.58 bits per heavy atom. The van der Waals surface area contributed by atoms with Gasteiger partial charge < -0.3 is 5.11 Å². The number of nitrogens with zero attached hydrogens (tertiary/aromatic N) is 1. The van der Waals surface area contributed by atoms with Crippen LogP contribution in [0.5, 0.6) is 0 Å². The minimum atomic E-state index is -3.64. The molecule has 0 atom stereocenters. The summed E-state index contributed by atoms with van der Waals surface area (Å²) < 4.78 is 27.2. The van der Waals surface area contributed by atoms with E-state index in [1.807, 2.05) is 0 Å². The summed E-state index contributed by atoms with van der Waals surface area (Å²) in [5.74, 6) is 0. The van der Waals surface area contributed by atoms with Gasteiger partial charge in [-0.1, -0.05) is 0 Å². The predicted octanol–water partition coefficient (Wildman–Crippen LogP) is 1.69. The highest BCUT2D eigenvalue weighted by Gasteiger charge is 2.21. The van der Waals surface area contributed by atoms with Crippen molar-refractivity contribution < 1.29 is 13.5 Å². The molecule has 3 N–H and O–H groups in total. The number of H-pyrrole nitrogens is 1. The Morgan fingerprint density at radius 2 is 2.11 bits per heavy atom. The van der Waals surface area contributed by atoms with E-state index in [1.165, 1.54) is 0 Å². The van der Waals surface area contributed by atoms with Crippen LogP contribution in [-0.2, 0) is 16.6 Å². The van der Waals surface area contributed by atoms with Crippen LogP contribution < -0.4 is 4.72 Å². The number of aromatic nitrogens is 2. The molecule has 2 rings (SSSR count). The molecule has 104 valence electrons. The molecule has 0 aliphatic rings. The highest BCUT2D eigenvalue weighted by Crippen LogP contribution is 2.28. The fraction of sp³-hybridized carbons (Fsp3) is 0.364. The van der Waals surface area contributed by atoms with Crippen LogP contribution in [0.4, 0.5) is 5.69 Å². The number of nitrogens with one attached hydrogen (secondary N) is 2. The lowest BCUT2D eigenvalue weighted by atomic mass is 10.3. The number of hydrogen-bond donors (Lipinski definition) is 3. The van der Waals surface area contributed by atoms with Gasteiger partial charge in [-0.15, -0.1) is 11.3 Å². The van der Waals surface area contributed by atoms with E-state index in [9.17, 15) is 8.42 Å². The number of rotatable bonds is 4. The lowest BCUT2D eigenvalue weighted by Crippen LogP contribution is -2.12. The van der Waals surface area contributed by atoms with E-state index in [0.717, 1.165) is 16.9 Å². The maximum Gasteiger partial charge on any atom is 0.271 e. The zero-order valence-corrected chi connectivity index (χ0v) is 12.4. The molecule has 0 amide bonds. The molecule has 0 spiro atoms. The Morgan fingerprint density at radius 1 is 1.42 bits per heavy atom. The third-order valence-corrected chi connectivity index (χ3v) is 5.82. The fourth-order valence-corrected chi connectivity index (χ4v) is 4.29. The molecular weight excluding hydrogens is 286 g/mol. The summed E-state index contributed by atoms with van der Waals surface area (Å²) in [7, 11) is -3.64. The summed E-state index contributed by atoms with van der Waals surface area (Å²) in [6.45, 7) is 5.09. The van der Waals surface area contributed by atoms with Crippen LogP contribution in [0.25, 0.3) is 0 Å². The van der Waals surface area contributed by atoms with Crippen LogP contribution in [0.1, 0.15) is 21.8 Å². The maximum atomic E-state index is 12.3. The van der Waals surface area contributed by atoms with Crippen molar-refractivity contribution in [3.8, 4) is 0 Å². The first-order valence-corrected chi connectivity index (χ1v) is 7.89. The summed E-state index contributed by atoms with van der Waals surface area (Å²) in [6.07, 6.45) is 0. The molecule has 2 heterocycles. The number of thiophene rings is 1. The maximum absolute atomic E-state index is 12.3.